The molecule has 18 heavy (non-hydrogen) atoms. The SMILES string of the molecule is CCC1(C(=O)O)CCCN1C(=O)C1CCC(=O)N1. The van der Waals surface area contributed by atoms with Crippen LogP contribution in [0.5, 0.6) is 0 Å². The zero-order valence-corrected chi connectivity index (χ0v) is 10.4. The maximum absolute atomic E-state index is 12.3. The Bertz CT molecular complexity index is 396. The van der Waals surface area contributed by atoms with Crippen LogP contribution in [0.25, 0.3) is 0 Å². The lowest BCUT2D eigenvalue weighted by molar-refractivity contribution is -0.157. The van der Waals surface area contributed by atoms with Gasteiger partial charge in [0, 0.05) is 13.0 Å². The van der Waals surface area contributed by atoms with Gasteiger partial charge in [-0.25, -0.2) is 4.79 Å². The molecule has 6 heteroatoms. The van der Waals surface area contributed by atoms with Gasteiger partial charge in [-0.05, 0) is 25.7 Å². The summed E-state index contributed by atoms with van der Waals surface area (Å²) >= 11 is 0. The normalized spacial score (nSPS) is 31.5. The molecule has 0 aliphatic carbocycles. The number of hydrogen-bond acceptors (Lipinski definition) is 3. The number of hydrogen-bond donors (Lipinski definition) is 2. The Balaban J connectivity index is 2.18. The van der Waals surface area contributed by atoms with Gasteiger partial charge in [0.1, 0.15) is 11.6 Å². The smallest absolute Gasteiger partial charge is 0.329 e. The lowest BCUT2D eigenvalue weighted by Gasteiger charge is -2.35. The minimum absolute atomic E-state index is 0.134. The summed E-state index contributed by atoms with van der Waals surface area (Å²) in [5, 5.41) is 12.0. The van der Waals surface area contributed by atoms with Crippen molar-refractivity contribution in [1.29, 1.82) is 0 Å². The van der Waals surface area contributed by atoms with Crippen LogP contribution in [0.1, 0.15) is 39.0 Å². The average molecular weight is 254 g/mol. The minimum Gasteiger partial charge on any atom is -0.479 e. The molecule has 2 N–H and O–H groups in total. The number of aliphatic carboxylic acids is 1. The van der Waals surface area contributed by atoms with Crippen molar-refractivity contribution in [2.75, 3.05) is 6.54 Å². The van der Waals surface area contributed by atoms with Crippen LogP contribution in [0.3, 0.4) is 0 Å². The van der Waals surface area contributed by atoms with Gasteiger partial charge in [-0.15, -0.1) is 0 Å². The number of amides is 2. The highest BCUT2D eigenvalue weighted by atomic mass is 16.4. The van der Waals surface area contributed by atoms with Crippen LogP contribution < -0.4 is 5.32 Å². The molecule has 0 bridgehead atoms. The van der Waals surface area contributed by atoms with Crippen LogP contribution in [0.4, 0.5) is 0 Å². The van der Waals surface area contributed by atoms with Crippen molar-refractivity contribution in [3.63, 3.8) is 0 Å². The summed E-state index contributed by atoms with van der Waals surface area (Å²) in [7, 11) is 0. The van der Waals surface area contributed by atoms with Crippen LogP contribution in [-0.2, 0) is 14.4 Å². The monoisotopic (exact) mass is 254 g/mol. The third kappa shape index (κ3) is 1.85. The van der Waals surface area contributed by atoms with Crippen LogP contribution in [0, 0.1) is 0 Å². The molecule has 2 heterocycles. The van der Waals surface area contributed by atoms with Gasteiger partial charge in [0.25, 0.3) is 0 Å². The summed E-state index contributed by atoms with van der Waals surface area (Å²) in [4.78, 5) is 36.4. The number of carbonyl (C=O) groups excluding carboxylic acids is 2. The molecule has 2 amide bonds. The van der Waals surface area contributed by atoms with E-state index in [-0.39, 0.29) is 11.8 Å². The lowest BCUT2D eigenvalue weighted by Crippen LogP contribution is -2.56. The highest BCUT2D eigenvalue weighted by Crippen LogP contribution is 2.34. The molecule has 0 aromatic rings. The Hall–Kier alpha value is -1.59. The Morgan fingerprint density at radius 2 is 2.28 bits per heavy atom. The van der Waals surface area contributed by atoms with E-state index in [4.69, 9.17) is 0 Å². The molecule has 2 fully saturated rings. The van der Waals surface area contributed by atoms with Gasteiger partial charge in [-0.3, -0.25) is 9.59 Å². The van der Waals surface area contributed by atoms with E-state index in [0.717, 1.165) is 0 Å². The fourth-order valence-corrected chi connectivity index (χ4v) is 2.93. The van der Waals surface area contributed by atoms with E-state index < -0.39 is 17.6 Å². The Morgan fingerprint density at radius 1 is 1.56 bits per heavy atom. The first kappa shape index (κ1) is 12.9. The van der Waals surface area contributed by atoms with Crippen molar-refractivity contribution >= 4 is 17.8 Å². The standard InChI is InChI=1S/C12H18N2O4/c1-2-12(11(17)18)6-3-7-14(12)10(16)8-4-5-9(15)13-8/h8H,2-7H2,1H3,(H,13,15)(H,17,18). The van der Waals surface area contributed by atoms with Crippen molar-refractivity contribution < 1.29 is 19.5 Å². The van der Waals surface area contributed by atoms with E-state index in [9.17, 15) is 19.5 Å². The molecule has 0 radical (unpaired) electrons. The molecule has 2 aliphatic rings. The van der Waals surface area contributed by atoms with E-state index in [1.807, 2.05) is 0 Å². The van der Waals surface area contributed by atoms with Gasteiger partial charge in [0.2, 0.25) is 11.8 Å². The molecular formula is C12H18N2O4. The molecule has 2 rings (SSSR count). The Kier molecular flexibility index (Phi) is 3.28. The molecule has 0 aromatic heterocycles. The fraction of sp³-hybridized carbons (Fsp3) is 0.750. The lowest BCUT2D eigenvalue weighted by atomic mass is 9.92. The van der Waals surface area contributed by atoms with E-state index in [1.54, 1.807) is 6.92 Å². The first-order valence-corrected chi connectivity index (χ1v) is 6.35. The molecule has 2 saturated heterocycles. The fourth-order valence-electron chi connectivity index (χ4n) is 2.93. The van der Waals surface area contributed by atoms with Crippen molar-refractivity contribution in [2.24, 2.45) is 0 Å². The molecule has 0 saturated carbocycles. The topological polar surface area (TPSA) is 86.7 Å². The Morgan fingerprint density at radius 3 is 2.78 bits per heavy atom. The number of carboxylic acids is 1. The minimum atomic E-state index is -1.08. The summed E-state index contributed by atoms with van der Waals surface area (Å²) in [5.41, 5.74) is -1.08. The highest BCUT2D eigenvalue weighted by molar-refractivity contribution is 5.94. The number of rotatable bonds is 3. The summed E-state index contributed by atoms with van der Waals surface area (Å²) in [6.07, 6.45) is 2.40. The predicted octanol–water partition coefficient (Wildman–Crippen LogP) is 0.121. The highest BCUT2D eigenvalue weighted by Gasteiger charge is 2.50. The number of nitrogens with one attached hydrogen (secondary N) is 1. The largest absolute Gasteiger partial charge is 0.479 e. The quantitative estimate of drug-likeness (QED) is 0.749. The number of carbonyl (C=O) groups is 3. The van der Waals surface area contributed by atoms with Crippen LogP contribution in [-0.4, -0.2) is 45.9 Å². The second-order valence-electron chi connectivity index (χ2n) is 4.94. The summed E-state index contributed by atoms with van der Waals surface area (Å²) < 4.78 is 0. The van der Waals surface area contributed by atoms with Crippen LogP contribution in [0.2, 0.25) is 0 Å². The van der Waals surface area contributed by atoms with Gasteiger partial charge in [-0.1, -0.05) is 6.92 Å². The summed E-state index contributed by atoms with van der Waals surface area (Å²) in [6, 6.07) is -0.541. The third-order valence-corrected chi connectivity index (χ3v) is 4.03. The van der Waals surface area contributed by atoms with E-state index in [2.05, 4.69) is 5.32 Å². The van der Waals surface area contributed by atoms with Crippen LogP contribution >= 0.6 is 0 Å². The van der Waals surface area contributed by atoms with Crippen molar-refractivity contribution in [3.05, 3.63) is 0 Å². The van der Waals surface area contributed by atoms with Gasteiger partial charge >= 0.3 is 5.97 Å². The van der Waals surface area contributed by atoms with Crippen molar-refractivity contribution in [1.82, 2.24) is 10.2 Å². The van der Waals surface area contributed by atoms with Gasteiger partial charge in [0.05, 0.1) is 0 Å². The van der Waals surface area contributed by atoms with E-state index in [0.29, 0.717) is 38.6 Å². The van der Waals surface area contributed by atoms with Gasteiger partial charge in [-0.2, -0.15) is 0 Å². The van der Waals surface area contributed by atoms with Crippen molar-refractivity contribution in [2.45, 2.75) is 50.6 Å². The summed E-state index contributed by atoms with van der Waals surface area (Å²) in [6.45, 7) is 2.25. The van der Waals surface area contributed by atoms with Crippen molar-refractivity contribution in [3.8, 4) is 0 Å². The zero-order chi connectivity index (χ0) is 13.3. The molecule has 6 nitrogen and oxygen atoms in total. The third-order valence-electron chi connectivity index (χ3n) is 4.03. The maximum Gasteiger partial charge on any atom is 0.329 e. The van der Waals surface area contributed by atoms with Gasteiger partial charge in [0.15, 0.2) is 0 Å². The average Bonchev–Trinajstić information content (AvgIpc) is 2.94. The van der Waals surface area contributed by atoms with E-state index in [1.165, 1.54) is 4.90 Å². The molecule has 0 aromatic carbocycles. The Labute approximate surface area is 105 Å². The first-order valence-electron chi connectivity index (χ1n) is 6.35. The second-order valence-corrected chi connectivity index (χ2v) is 4.94. The van der Waals surface area contributed by atoms with Gasteiger partial charge < -0.3 is 15.3 Å². The molecule has 0 spiro atoms. The van der Waals surface area contributed by atoms with E-state index >= 15 is 0 Å². The maximum atomic E-state index is 12.3. The molecule has 2 aliphatic heterocycles. The number of carboxylic acid groups (broad SMARTS) is 1. The molecule has 2 atom stereocenters. The molecular weight excluding hydrogens is 236 g/mol. The van der Waals surface area contributed by atoms with Crippen LogP contribution in [0.15, 0.2) is 0 Å². The second kappa shape index (κ2) is 4.59. The number of nitrogens with zero attached hydrogens (tertiary/aromatic N) is 1. The molecule has 2 unspecified atom stereocenters. The zero-order valence-electron chi connectivity index (χ0n) is 10.4. The predicted molar refractivity (Wildman–Crippen MR) is 62.8 cm³/mol. The number of likely N-dealkylation sites (tertiary alicyclic amines) is 1. The first-order chi connectivity index (χ1) is 8.51. The molecule has 100 valence electrons. The summed E-state index contributed by atoms with van der Waals surface area (Å²) in [5.74, 6) is -1.33.